The molecular formula is C20H18IN3O5. The molecular weight excluding hydrogens is 489 g/mol. The molecule has 0 radical (unpaired) electrons. The first kappa shape index (κ1) is 20.8. The van der Waals surface area contributed by atoms with Gasteiger partial charge in [0, 0.05) is 33.8 Å². The minimum atomic E-state index is -0.470. The molecule has 29 heavy (non-hydrogen) atoms. The van der Waals surface area contributed by atoms with Crippen molar-refractivity contribution in [3.63, 3.8) is 0 Å². The largest absolute Gasteiger partial charge is 0.493 e. The summed E-state index contributed by atoms with van der Waals surface area (Å²) in [6, 6.07) is 9.59. The Labute approximate surface area is 180 Å². The van der Waals surface area contributed by atoms with Gasteiger partial charge in [-0.1, -0.05) is 0 Å². The molecule has 0 unspecified atom stereocenters. The lowest BCUT2D eigenvalue weighted by molar-refractivity contribution is -0.384. The van der Waals surface area contributed by atoms with Gasteiger partial charge >= 0.3 is 0 Å². The molecule has 1 aromatic heterocycles. The van der Waals surface area contributed by atoms with Gasteiger partial charge in [0.05, 0.1) is 35.9 Å². The van der Waals surface area contributed by atoms with Crippen LogP contribution in [-0.4, -0.2) is 36.6 Å². The Balaban J connectivity index is 2.20. The Bertz CT molecular complexity index is 1100. The molecule has 9 heteroatoms. The number of benzene rings is 2. The maximum Gasteiger partial charge on any atom is 0.270 e. The van der Waals surface area contributed by atoms with Crippen molar-refractivity contribution in [2.45, 2.75) is 6.92 Å². The second-order valence-corrected chi connectivity index (χ2v) is 7.16. The highest BCUT2D eigenvalue weighted by Crippen LogP contribution is 2.37. The fraction of sp³-hybridized carbons (Fsp3) is 0.200. The van der Waals surface area contributed by atoms with Crippen molar-refractivity contribution in [2.75, 3.05) is 25.7 Å². The number of nitro benzene ring substituents is 1. The zero-order chi connectivity index (χ0) is 21.1. The predicted molar refractivity (Wildman–Crippen MR) is 118 cm³/mol. The summed E-state index contributed by atoms with van der Waals surface area (Å²) in [5.41, 5.74) is 1.40. The monoisotopic (exact) mass is 507 g/mol. The van der Waals surface area contributed by atoms with Gasteiger partial charge in [-0.25, -0.2) is 0 Å². The number of carbonyl (C=O) groups excluding carboxylic acids is 1. The van der Waals surface area contributed by atoms with Crippen molar-refractivity contribution in [1.29, 1.82) is 0 Å². The summed E-state index contributed by atoms with van der Waals surface area (Å²) in [7, 11) is 2.98. The Morgan fingerprint density at radius 1 is 1.21 bits per heavy atom. The minimum Gasteiger partial charge on any atom is -0.493 e. The zero-order valence-corrected chi connectivity index (χ0v) is 18.2. The number of halogens is 1. The predicted octanol–water partition coefficient (Wildman–Crippen LogP) is 4.43. The van der Waals surface area contributed by atoms with Crippen LogP contribution in [-0.2, 0) is 0 Å². The highest BCUT2D eigenvalue weighted by molar-refractivity contribution is 14.1. The van der Waals surface area contributed by atoms with Crippen molar-refractivity contribution in [3.8, 4) is 11.5 Å². The van der Waals surface area contributed by atoms with Gasteiger partial charge in [0.1, 0.15) is 0 Å². The van der Waals surface area contributed by atoms with Gasteiger partial charge in [-0.3, -0.25) is 19.9 Å². The maximum absolute atomic E-state index is 13.5. The number of methoxy groups -OCH3 is 2. The van der Waals surface area contributed by atoms with Crippen molar-refractivity contribution >= 4 is 50.8 Å². The average Bonchev–Trinajstić information content (AvgIpc) is 2.73. The van der Waals surface area contributed by atoms with Gasteiger partial charge in [-0.2, -0.15) is 0 Å². The van der Waals surface area contributed by atoms with Gasteiger partial charge in [-0.05, 0) is 53.8 Å². The zero-order valence-electron chi connectivity index (χ0n) is 16.0. The van der Waals surface area contributed by atoms with E-state index in [1.165, 1.54) is 26.4 Å². The van der Waals surface area contributed by atoms with Crippen LogP contribution in [0.4, 0.5) is 11.4 Å². The molecule has 1 amide bonds. The first-order chi connectivity index (χ1) is 13.9. The van der Waals surface area contributed by atoms with E-state index in [2.05, 4.69) is 27.6 Å². The van der Waals surface area contributed by atoms with E-state index in [0.717, 1.165) is 0 Å². The van der Waals surface area contributed by atoms with Crippen molar-refractivity contribution in [1.82, 2.24) is 4.98 Å². The average molecular weight is 507 g/mol. The number of nitrogens with zero attached hydrogens (tertiary/aromatic N) is 3. The lowest BCUT2D eigenvalue weighted by Gasteiger charge is -2.24. The van der Waals surface area contributed by atoms with Crippen LogP contribution in [0.25, 0.3) is 10.9 Å². The molecule has 150 valence electrons. The van der Waals surface area contributed by atoms with Crippen molar-refractivity contribution in [2.24, 2.45) is 0 Å². The van der Waals surface area contributed by atoms with Gasteiger partial charge in [-0.15, -0.1) is 0 Å². The van der Waals surface area contributed by atoms with Gasteiger partial charge in [0.25, 0.3) is 11.6 Å². The molecule has 3 aromatic rings. The molecule has 2 aromatic carbocycles. The summed E-state index contributed by atoms with van der Waals surface area (Å²) in [6.07, 6.45) is 1.58. The molecule has 0 N–H and O–H groups in total. The molecule has 0 saturated carbocycles. The standard InChI is InChI=1S/C20H18IN3O5/c1-4-23(20(25)18-14(21)6-8-17(28-2)19(18)29-3)16-9-10-22-15-7-5-12(24(26)27)11-13(15)16/h5-11H,4H2,1-3H3. The highest BCUT2D eigenvalue weighted by Gasteiger charge is 2.26. The van der Waals surface area contributed by atoms with Crippen LogP contribution in [0.2, 0.25) is 0 Å². The lowest BCUT2D eigenvalue weighted by Crippen LogP contribution is -2.32. The minimum absolute atomic E-state index is 0.0659. The van der Waals surface area contributed by atoms with E-state index in [9.17, 15) is 14.9 Å². The number of carbonyl (C=O) groups is 1. The second kappa shape index (κ2) is 8.60. The quantitative estimate of drug-likeness (QED) is 0.278. The lowest BCUT2D eigenvalue weighted by atomic mass is 10.1. The summed E-state index contributed by atoms with van der Waals surface area (Å²) in [6.45, 7) is 2.18. The highest BCUT2D eigenvalue weighted by atomic mass is 127. The Morgan fingerprint density at radius 2 is 1.97 bits per heavy atom. The van der Waals surface area contributed by atoms with E-state index in [-0.39, 0.29) is 11.6 Å². The van der Waals surface area contributed by atoms with Gasteiger partial charge in [0.2, 0.25) is 0 Å². The van der Waals surface area contributed by atoms with Crippen molar-refractivity contribution in [3.05, 3.63) is 61.8 Å². The SMILES string of the molecule is CCN(C(=O)c1c(I)ccc(OC)c1OC)c1ccnc2ccc([N+](=O)[O-])cc12. The third-order valence-electron chi connectivity index (χ3n) is 4.47. The van der Waals surface area contributed by atoms with E-state index in [1.54, 1.807) is 35.4 Å². The number of ether oxygens (including phenoxy) is 2. The second-order valence-electron chi connectivity index (χ2n) is 6.00. The van der Waals surface area contributed by atoms with Gasteiger partial charge in [0.15, 0.2) is 11.5 Å². The molecule has 0 fully saturated rings. The summed E-state index contributed by atoms with van der Waals surface area (Å²) in [4.78, 5) is 30.1. The van der Waals surface area contributed by atoms with Crippen LogP contribution >= 0.6 is 22.6 Å². The molecule has 0 spiro atoms. The number of aromatic nitrogens is 1. The first-order valence-electron chi connectivity index (χ1n) is 8.68. The third-order valence-corrected chi connectivity index (χ3v) is 5.37. The van der Waals surface area contributed by atoms with Crippen molar-refractivity contribution < 1.29 is 19.2 Å². The molecule has 0 bridgehead atoms. The summed E-state index contributed by atoms with van der Waals surface area (Å²) >= 11 is 2.07. The smallest absolute Gasteiger partial charge is 0.270 e. The number of fused-ring (bicyclic) bond motifs is 1. The van der Waals surface area contributed by atoms with E-state index >= 15 is 0 Å². The molecule has 0 atom stereocenters. The molecule has 0 aliphatic rings. The number of amides is 1. The first-order valence-corrected chi connectivity index (χ1v) is 9.76. The van der Waals surface area contributed by atoms with Crippen LogP contribution in [0, 0.1) is 13.7 Å². The topological polar surface area (TPSA) is 94.8 Å². The molecule has 0 aliphatic heterocycles. The fourth-order valence-electron chi connectivity index (χ4n) is 3.13. The Hall–Kier alpha value is -2.95. The number of hydrogen-bond acceptors (Lipinski definition) is 6. The van der Waals surface area contributed by atoms with E-state index in [1.807, 2.05) is 6.92 Å². The van der Waals surface area contributed by atoms with Crippen LogP contribution in [0.1, 0.15) is 17.3 Å². The molecule has 1 heterocycles. The molecule has 0 aliphatic carbocycles. The molecule has 3 rings (SSSR count). The van der Waals surface area contributed by atoms with Crippen LogP contribution in [0.3, 0.4) is 0 Å². The van der Waals surface area contributed by atoms with Crippen LogP contribution in [0.5, 0.6) is 11.5 Å². The number of anilines is 1. The molecule has 8 nitrogen and oxygen atoms in total. The summed E-state index contributed by atoms with van der Waals surface area (Å²) in [5, 5.41) is 11.7. The third kappa shape index (κ3) is 3.82. The number of non-ortho nitro benzene ring substituents is 1. The van der Waals surface area contributed by atoms with E-state index in [4.69, 9.17) is 9.47 Å². The fourth-order valence-corrected chi connectivity index (χ4v) is 3.78. The maximum atomic E-state index is 13.5. The van der Waals surface area contributed by atoms with E-state index < -0.39 is 4.92 Å². The van der Waals surface area contributed by atoms with Gasteiger partial charge < -0.3 is 14.4 Å². The number of hydrogen-bond donors (Lipinski definition) is 0. The van der Waals surface area contributed by atoms with E-state index in [0.29, 0.717) is 43.8 Å². The normalized spacial score (nSPS) is 10.6. The number of nitro groups is 1. The number of rotatable bonds is 6. The molecule has 0 saturated heterocycles. The van der Waals surface area contributed by atoms with Crippen LogP contribution < -0.4 is 14.4 Å². The number of pyridine rings is 1. The Kier molecular flexibility index (Phi) is 6.16. The summed E-state index contributed by atoms with van der Waals surface area (Å²) in [5.74, 6) is 0.487. The van der Waals surface area contributed by atoms with Crippen LogP contribution in [0.15, 0.2) is 42.6 Å². The Morgan fingerprint density at radius 3 is 2.59 bits per heavy atom. The summed E-state index contributed by atoms with van der Waals surface area (Å²) < 4.78 is 11.5.